The van der Waals surface area contributed by atoms with Crippen molar-refractivity contribution in [1.82, 2.24) is 29.9 Å². The van der Waals surface area contributed by atoms with Gasteiger partial charge in [0.05, 0.1) is 6.20 Å². The molecule has 1 N–H and O–H groups in total. The van der Waals surface area contributed by atoms with E-state index >= 15 is 0 Å². The number of hydrogen-bond donors (Lipinski definition) is 1. The molecule has 0 aliphatic carbocycles. The highest BCUT2D eigenvalue weighted by molar-refractivity contribution is 5.52. The van der Waals surface area contributed by atoms with Crippen LogP contribution in [0.15, 0.2) is 6.20 Å². The average molecular weight is 262 g/mol. The zero-order valence-corrected chi connectivity index (χ0v) is 11.6. The standard InChI is InChI=1S/C11H18N8/c1-5-6-12-10-14-9(8-7-13-17-19(8)4)15-11(16-10)18(2)3/h7H,5-6H2,1-4H3,(H,12,14,15,16). The van der Waals surface area contributed by atoms with Crippen molar-refractivity contribution in [3.8, 4) is 11.5 Å². The predicted octanol–water partition coefficient (Wildman–Crippen LogP) is 0.555. The first-order chi connectivity index (χ1) is 9.11. The Labute approximate surface area is 111 Å². The van der Waals surface area contributed by atoms with Crippen molar-refractivity contribution in [2.45, 2.75) is 13.3 Å². The Kier molecular flexibility index (Phi) is 3.88. The van der Waals surface area contributed by atoms with Crippen LogP contribution in [0.1, 0.15) is 13.3 Å². The summed E-state index contributed by atoms with van der Waals surface area (Å²) in [7, 11) is 5.59. The molecule has 0 aliphatic rings. The van der Waals surface area contributed by atoms with E-state index in [0.29, 0.717) is 17.7 Å². The zero-order chi connectivity index (χ0) is 13.8. The van der Waals surface area contributed by atoms with Crippen LogP contribution in [0.25, 0.3) is 11.5 Å². The second-order valence-electron chi connectivity index (χ2n) is 4.35. The van der Waals surface area contributed by atoms with Crippen molar-refractivity contribution in [3.63, 3.8) is 0 Å². The van der Waals surface area contributed by atoms with Crippen LogP contribution in [0.5, 0.6) is 0 Å². The van der Waals surface area contributed by atoms with Gasteiger partial charge in [-0.05, 0) is 6.42 Å². The van der Waals surface area contributed by atoms with Gasteiger partial charge in [0.15, 0.2) is 5.82 Å². The van der Waals surface area contributed by atoms with Gasteiger partial charge in [0.1, 0.15) is 5.69 Å². The van der Waals surface area contributed by atoms with E-state index in [0.717, 1.165) is 18.7 Å². The number of rotatable bonds is 5. The Morgan fingerprint density at radius 3 is 2.63 bits per heavy atom. The SMILES string of the molecule is CCCNc1nc(-c2cnnn2C)nc(N(C)C)n1. The van der Waals surface area contributed by atoms with Gasteiger partial charge in [-0.1, -0.05) is 12.1 Å². The van der Waals surface area contributed by atoms with Crippen LogP contribution in [0.4, 0.5) is 11.9 Å². The molecule has 0 atom stereocenters. The molecular weight excluding hydrogens is 244 g/mol. The molecule has 0 radical (unpaired) electrons. The summed E-state index contributed by atoms with van der Waals surface area (Å²) in [6.07, 6.45) is 2.64. The maximum absolute atomic E-state index is 4.41. The normalized spacial score (nSPS) is 10.5. The zero-order valence-electron chi connectivity index (χ0n) is 11.6. The van der Waals surface area contributed by atoms with Gasteiger partial charge in [-0.25, -0.2) is 4.68 Å². The second-order valence-corrected chi connectivity index (χ2v) is 4.35. The largest absolute Gasteiger partial charge is 0.354 e. The second kappa shape index (κ2) is 5.59. The fourth-order valence-corrected chi connectivity index (χ4v) is 1.49. The number of nitrogens with one attached hydrogen (secondary N) is 1. The first-order valence-corrected chi connectivity index (χ1v) is 6.14. The van der Waals surface area contributed by atoms with Crippen LogP contribution in [0, 0.1) is 0 Å². The fourth-order valence-electron chi connectivity index (χ4n) is 1.49. The summed E-state index contributed by atoms with van der Waals surface area (Å²) >= 11 is 0. The molecule has 0 fully saturated rings. The summed E-state index contributed by atoms with van der Waals surface area (Å²) in [4.78, 5) is 15.0. The number of aromatic nitrogens is 6. The summed E-state index contributed by atoms with van der Waals surface area (Å²) in [6.45, 7) is 2.91. The van der Waals surface area contributed by atoms with Crippen LogP contribution in [-0.2, 0) is 7.05 Å². The Morgan fingerprint density at radius 1 is 1.26 bits per heavy atom. The molecule has 8 heteroatoms. The number of hydrogen-bond acceptors (Lipinski definition) is 7. The van der Waals surface area contributed by atoms with Crippen LogP contribution in [0.3, 0.4) is 0 Å². The summed E-state index contributed by atoms with van der Waals surface area (Å²) in [5, 5.41) is 10.9. The van der Waals surface area contributed by atoms with Crippen molar-refractivity contribution >= 4 is 11.9 Å². The molecule has 2 aromatic heterocycles. The number of aryl methyl sites for hydroxylation is 1. The van der Waals surface area contributed by atoms with Crippen molar-refractivity contribution in [2.75, 3.05) is 30.9 Å². The summed E-state index contributed by atoms with van der Waals surface area (Å²) in [6, 6.07) is 0. The fraction of sp³-hybridized carbons (Fsp3) is 0.545. The molecule has 0 aromatic carbocycles. The van der Waals surface area contributed by atoms with E-state index in [1.165, 1.54) is 0 Å². The molecule has 2 rings (SSSR count). The molecule has 0 spiro atoms. The quantitative estimate of drug-likeness (QED) is 0.842. The van der Waals surface area contributed by atoms with E-state index in [4.69, 9.17) is 0 Å². The molecule has 0 aliphatic heterocycles. The molecule has 19 heavy (non-hydrogen) atoms. The maximum Gasteiger partial charge on any atom is 0.230 e. The maximum atomic E-state index is 4.41. The van der Waals surface area contributed by atoms with Crippen molar-refractivity contribution in [2.24, 2.45) is 7.05 Å². The Morgan fingerprint density at radius 2 is 2.05 bits per heavy atom. The third-order valence-electron chi connectivity index (χ3n) is 2.50. The van der Waals surface area contributed by atoms with Crippen LogP contribution in [0.2, 0.25) is 0 Å². The lowest BCUT2D eigenvalue weighted by atomic mass is 10.4. The Hall–Kier alpha value is -2.25. The van der Waals surface area contributed by atoms with Crippen LogP contribution >= 0.6 is 0 Å². The van der Waals surface area contributed by atoms with Gasteiger partial charge in [0.25, 0.3) is 0 Å². The summed E-state index contributed by atoms with van der Waals surface area (Å²) in [5.41, 5.74) is 0.755. The lowest BCUT2D eigenvalue weighted by Gasteiger charge is -2.13. The summed E-state index contributed by atoms with van der Waals surface area (Å²) < 4.78 is 1.64. The van der Waals surface area contributed by atoms with Crippen molar-refractivity contribution < 1.29 is 0 Å². The highest BCUT2D eigenvalue weighted by Gasteiger charge is 2.12. The minimum Gasteiger partial charge on any atom is -0.354 e. The van der Waals surface area contributed by atoms with Gasteiger partial charge < -0.3 is 10.2 Å². The third-order valence-corrected chi connectivity index (χ3v) is 2.50. The molecule has 2 heterocycles. The highest BCUT2D eigenvalue weighted by Crippen LogP contribution is 2.17. The van der Waals surface area contributed by atoms with E-state index in [2.05, 4.69) is 37.5 Å². The van der Waals surface area contributed by atoms with E-state index in [-0.39, 0.29) is 0 Å². The molecule has 102 valence electrons. The van der Waals surface area contributed by atoms with E-state index < -0.39 is 0 Å². The minimum atomic E-state index is 0.560. The Bertz CT molecular complexity index is 547. The van der Waals surface area contributed by atoms with Gasteiger partial charge in [-0.15, -0.1) is 5.10 Å². The third kappa shape index (κ3) is 2.95. The van der Waals surface area contributed by atoms with Gasteiger partial charge in [-0.3, -0.25) is 0 Å². The van der Waals surface area contributed by atoms with Gasteiger partial charge in [0, 0.05) is 27.7 Å². The van der Waals surface area contributed by atoms with Crippen molar-refractivity contribution in [3.05, 3.63) is 6.20 Å². The molecule has 0 amide bonds. The molecule has 0 bridgehead atoms. The first-order valence-electron chi connectivity index (χ1n) is 6.14. The lowest BCUT2D eigenvalue weighted by molar-refractivity contribution is 0.716. The van der Waals surface area contributed by atoms with Gasteiger partial charge in [-0.2, -0.15) is 15.0 Å². The predicted molar refractivity (Wildman–Crippen MR) is 72.9 cm³/mol. The molecule has 0 saturated carbocycles. The van der Waals surface area contributed by atoms with Crippen LogP contribution < -0.4 is 10.2 Å². The number of nitrogens with zero attached hydrogens (tertiary/aromatic N) is 7. The number of anilines is 2. The minimum absolute atomic E-state index is 0.560. The van der Waals surface area contributed by atoms with E-state index in [1.807, 2.05) is 19.0 Å². The van der Waals surface area contributed by atoms with Crippen LogP contribution in [-0.4, -0.2) is 50.6 Å². The van der Waals surface area contributed by atoms with Gasteiger partial charge >= 0.3 is 0 Å². The first kappa shape index (κ1) is 13.2. The summed E-state index contributed by atoms with van der Waals surface area (Å²) in [5.74, 6) is 1.73. The van der Waals surface area contributed by atoms with Gasteiger partial charge in [0.2, 0.25) is 11.9 Å². The molecular formula is C11H18N8. The molecule has 0 unspecified atom stereocenters. The monoisotopic (exact) mass is 262 g/mol. The lowest BCUT2D eigenvalue weighted by Crippen LogP contribution is -2.16. The highest BCUT2D eigenvalue weighted by atomic mass is 15.4. The molecule has 0 saturated heterocycles. The van der Waals surface area contributed by atoms with Crippen molar-refractivity contribution in [1.29, 1.82) is 0 Å². The Balaban J connectivity index is 2.42. The smallest absolute Gasteiger partial charge is 0.230 e. The molecule has 8 nitrogen and oxygen atoms in total. The van der Waals surface area contributed by atoms with E-state index in [9.17, 15) is 0 Å². The molecule has 2 aromatic rings. The average Bonchev–Trinajstić information content (AvgIpc) is 2.82. The topological polar surface area (TPSA) is 84.7 Å². The van der Waals surface area contributed by atoms with E-state index in [1.54, 1.807) is 17.9 Å².